The molecule has 1 aromatic rings. The number of aliphatic hydroxyl groups excluding tert-OH is 3. The summed E-state index contributed by atoms with van der Waals surface area (Å²) in [7, 11) is 0. The SMILES string of the molecule is NC1(C2CCCC2OCc2ccccc2)N=CN=C2C1=NCN2[C@@H]1O[C@H](CO)[C@@H](O)[C@H]1O. The number of aliphatic hydroxyl groups is 3. The molecule has 0 radical (unpaired) electrons. The molecule has 1 saturated heterocycles. The van der Waals surface area contributed by atoms with E-state index in [0.717, 1.165) is 24.8 Å². The standard InChI is InChI=1S/C22H29N5O5/c23-22(14-7-4-8-15(14)31-10-13-5-2-1-3-6-13)19-20(24-11-26-22)27(12-25-19)21-18(30)17(29)16(9-28)32-21/h1-3,5-6,11,14-18,21,28-30H,4,7-10,12,23H2/t14?,15?,16-,17-,18-,21-,22?/m1/s1. The Morgan fingerprint density at radius 3 is 2.75 bits per heavy atom. The number of nitrogens with zero attached hydrogens (tertiary/aromatic N) is 4. The molecule has 0 aromatic heterocycles. The molecule has 10 nitrogen and oxygen atoms in total. The van der Waals surface area contributed by atoms with Gasteiger partial charge in [0.1, 0.15) is 37.0 Å². The Kier molecular flexibility index (Phi) is 5.82. The van der Waals surface area contributed by atoms with Gasteiger partial charge < -0.3 is 35.4 Å². The smallest absolute Gasteiger partial charge is 0.162 e. The van der Waals surface area contributed by atoms with Crippen molar-refractivity contribution >= 4 is 17.9 Å². The lowest BCUT2D eigenvalue weighted by Crippen LogP contribution is -2.60. The van der Waals surface area contributed by atoms with Crippen molar-refractivity contribution in [1.82, 2.24) is 4.90 Å². The average molecular weight is 444 g/mol. The van der Waals surface area contributed by atoms with Crippen molar-refractivity contribution in [2.24, 2.45) is 26.6 Å². The first-order valence-electron chi connectivity index (χ1n) is 11.0. The van der Waals surface area contributed by atoms with Crippen LogP contribution in [-0.2, 0) is 16.1 Å². The van der Waals surface area contributed by atoms with Crippen molar-refractivity contribution in [3.63, 3.8) is 0 Å². The van der Waals surface area contributed by atoms with Crippen LogP contribution < -0.4 is 5.73 Å². The van der Waals surface area contributed by atoms with Crippen molar-refractivity contribution in [2.45, 2.75) is 62.2 Å². The fraction of sp³-hybridized carbons (Fsp3) is 0.591. The molecular weight excluding hydrogens is 414 g/mol. The minimum Gasteiger partial charge on any atom is -0.394 e. The zero-order valence-corrected chi connectivity index (χ0v) is 17.7. The molecule has 3 unspecified atom stereocenters. The van der Waals surface area contributed by atoms with Crippen molar-refractivity contribution in [2.75, 3.05) is 13.3 Å². The molecule has 0 bridgehead atoms. The molecule has 7 atom stereocenters. The van der Waals surface area contributed by atoms with Crippen LogP contribution in [0, 0.1) is 5.92 Å². The van der Waals surface area contributed by atoms with Gasteiger partial charge in [0.2, 0.25) is 0 Å². The topological polar surface area (TPSA) is 145 Å². The summed E-state index contributed by atoms with van der Waals surface area (Å²) in [6.07, 6.45) is -0.0575. The third kappa shape index (κ3) is 3.57. The van der Waals surface area contributed by atoms with Crippen LogP contribution in [0.15, 0.2) is 45.3 Å². The largest absolute Gasteiger partial charge is 0.394 e. The van der Waals surface area contributed by atoms with Gasteiger partial charge >= 0.3 is 0 Å². The molecule has 172 valence electrons. The Balaban J connectivity index is 1.33. The van der Waals surface area contributed by atoms with Crippen LogP contribution >= 0.6 is 0 Å². The van der Waals surface area contributed by atoms with Crippen LogP contribution in [0.25, 0.3) is 0 Å². The van der Waals surface area contributed by atoms with E-state index in [2.05, 4.69) is 15.0 Å². The van der Waals surface area contributed by atoms with Crippen molar-refractivity contribution in [3.8, 4) is 0 Å². The highest BCUT2D eigenvalue weighted by Gasteiger charge is 2.54. The lowest BCUT2D eigenvalue weighted by atomic mass is 9.85. The zero-order valence-electron chi connectivity index (χ0n) is 17.7. The van der Waals surface area contributed by atoms with Crippen LogP contribution in [0.4, 0.5) is 0 Å². The van der Waals surface area contributed by atoms with Crippen LogP contribution in [0.2, 0.25) is 0 Å². The molecule has 10 heteroatoms. The first-order chi connectivity index (χ1) is 15.5. The molecule has 3 aliphatic heterocycles. The van der Waals surface area contributed by atoms with E-state index in [-0.39, 0.29) is 18.7 Å². The van der Waals surface area contributed by atoms with Gasteiger partial charge in [-0.2, -0.15) is 0 Å². The molecule has 0 amide bonds. The van der Waals surface area contributed by atoms with E-state index in [1.807, 2.05) is 30.3 Å². The third-order valence-electron chi connectivity index (χ3n) is 6.84. The lowest BCUT2D eigenvalue weighted by Gasteiger charge is -2.38. The first kappa shape index (κ1) is 21.6. The maximum atomic E-state index is 10.5. The Hall–Kier alpha value is -2.21. The molecule has 5 N–H and O–H groups in total. The summed E-state index contributed by atoms with van der Waals surface area (Å²) in [5.74, 6) is 0.405. The van der Waals surface area contributed by atoms with Crippen molar-refractivity contribution < 1.29 is 24.8 Å². The van der Waals surface area contributed by atoms with E-state index in [1.54, 1.807) is 4.90 Å². The van der Waals surface area contributed by atoms with E-state index in [9.17, 15) is 15.3 Å². The molecule has 4 aliphatic rings. The van der Waals surface area contributed by atoms with E-state index >= 15 is 0 Å². The molecule has 0 spiro atoms. The normalized spacial score (nSPS) is 38.7. The first-order valence-corrected chi connectivity index (χ1v) is 11.0. The van der Waals surface area contributed by atoms with Crippen LogP contribution in [-0.4, -0.2) is 87.7 Å². The summed E-state index contributed by atoms with van der Waals surface area (Å²) in [6, 6.07) is 10.0. The number of hydrogen-bond donors (Lipinski definition) is 4. The summed E-state index contributed by atoms with van der Waals surface area (Å²) >= 11 is 0. The molecule has 2 fully saturated rings. The van der Waals surface area contributed by atoms with Gasteiger partial charge in [0.25, 0.3) is 0 Å². The quantitative estimate of drug-likeness (QED) is 0.469. The van der Waals surface area contributed by atoms with Gasteiger partial charge in [0, 0.05) is 5.92 Å². The Morgan fingerprint density at radius 2 is 2.00 bits per heavy atom. The number of hydrogen-bond acceptors (Lipinski definition) is 10. The monoisotopic (exact) mass is 443 g/mol. The van der Waals surface area contributed by atoms with Gasteiger partial charge in [-0.25, -0.2) is 9.98 Å². The van der Waals surface area contributed by atoms with E-state index < -0.39 is 36.8 Å². The minimum atomic E-state index is -1.20. The number of aliphatic imine (C=N–C) groups is 3. The molecular formula is C22H29N5O5. The number of amidine groups is 1. The van der Waals surface area contributed by atoms with Crippen LogP contribution in [0.1, 0.15) is 24.8 Å². The van der Waals surface area contributed by atoms with Gasteiger partial charge in [-0.05, 0) is 18.4 Å². The highest BCUT2D eigenvalue weighted by Crippen LogP contribution is 2.40. The van der Waals surface area contributed by atoms with Crippen molar-refractivity contribution in [3.05, 3.63) is 35.9 Å². The number of ether oxygens (including phenoxy) is 2. The van der Waals surface area contributed by atoms with Gasteiger partial charge in [-0.15, -0.1) is 0 Å². The van der Waals surface area contributed by atoms with E-state index in [0.29, 0.717) is 18.2 Å². The van der Waals surface area contributed by atoms with Crippen LogP contribution in [0.5, 0.6) is 0 Å². The van der Waals surface area contributed by atoms with Gasteiger partial charge in [-0.1, -0.05) is 36.8 Å². The fourth-order valence-electron chi connectivity index (χ4n) is 5.12. The van der Waals surface area contributed by atoms with Crippen molar-refractivity contribution in [1.29, 1.82) is 0 Å². The zero-order chi connectivity index (χ0) is 22.3. The average Bonchev–Trinajstić information content (AvgIpc) is 3.52. The number of rotatable bonds is 6. The minimum absolute atomic E-state index is 0.0673. The summed E-state index contributed by atoms with van der Waals surface area (Å²) < 4.78 is 11.9. The van der Waals surface area contributed by atoms with E-state index in [4.69, 9.17) is 15.2 Å². The third-order valence-corrected chi connectivity index (χ3v) is 6.84. The summed E-state index contributed by atoms with van der Waals surface area (Å²) in [4.78, 5) is 15.2. The molecule has 1 aromatic carbocycles. The lowest BCUT2D eigenvalue weighted by molar-refractivity contribution is -0.0688. The fourth-order valence-corrected chi connectivity index (χ4v) is 5.12. The van der Waals surface area contributed by atoms with E-state index in [1.165, 1.54) is 6.34 Å². The highest BCUT2D eigenvalue weighted by molar-refractivity contribution is 6.47. The summed E-state index contributed by atoms with van der Waals surface area (Å²) in [5.41, 5.74) is 7.43. The second kappa shape index (κ2) is 8.62. The maximum Gasteiger partial charge on any atom is 0.162 e. The number of nitrogens with two attached hydrogens (primary N) is 1. The molecule has 1 aliphatic carbocycles. The molecule has 5 rings (SSSR count). The maximum absolute atomic E-state index is 10.5. The number of fused-ring (bicyclic) bond motifs is 1. The number of benzene rings is 1. The molecule has 32 heavy (non-hydrogen) atoms. The summed E-state index contributed by atoms with van der Waals surface area (Å²) in [6.45, 7) is 0.281. The Morgan fingerprint density at radius 1 is 1.19 bits per heavy atom. The summed E-state index contributed by atoms with van der Waals surface area (Å²) in [5, 5.41) is 30.0. The van der Waals surface area contributed by atoms with Crippen LogP contribution in [0.3, 0.4) is 0 Å². The Labute approximate surface area is 186 Å². The predicted octanol–water partition coefficient (Wildman–Crippen LogP) is -0.380. The molecule has 3 heterocycles. The molecule has 1 saturated carbocycles. The van der Waals surface area contributed by atoms with Gasteiger partial charge in [0.15, 0.2) is 17.7 Å². The Bertz CT molecular complexity index is 925. The van der Waals surface area contributed by atoms with Gasteiger partial charge in [-0.3, -0.25) is 4.99 Å². The van der Waals surface area contributed by atoms with Gasteiger partial charge in [0.05, 0.1) is 19.3 Å². The predicted molar refractivity (Wildman–Crippen MR) is 117 cm³/mol. The second-order valence-electron chi connectivity index (χ2n) is 8.74. The second-order valence-corrected chi connectivity index (χ2v) is 8.74. The highest BCUT2D eigenvalue weighted by atomic mass is 16.6.